The number of nitrogens with zero attached hydrogens (tertiary/aromatic N) is 1. The second-order valence-corrected chi connectivity index (χ2v) is 4.01. The molecule has 0 aromatic carbocycles. The fraction of sp³-hybridized carbons (Fsp3) is 0.545. The van der Waals surface area contributed by atoms with Gasteiger partial charge in [-0.15, -0.1) is 0 Å². The van der Waals surface area contributed by atoms with E-state index in [1.165, 1.54) is 12.0 Å². The Balaban J connectivity index is 1.84. The maximum atomic E-state index is 4.26. The van der Waals surface area contributed by atoms with Crippen LogP contribution in [-0.2, 0) is 6.54 Å². The van der Waals surface area contributed by atoms with Crippen LogP contribution >= 0.6 is 0 Å². The highest BCUT2D eigenvalue weighted by atomic mass is 15.0. The molecular formula is C11H16N2. The summed E-state index contributed by atoms with van der Waals surface area (Å²) in [6.07, 6.45) is 3.29. The Hall–Kier alpha value is -0.890. The normalized spacial score (nSPS) is 26.0. The first-order valence-electron chi connectivity index (χ1n) is 4.90. The van der Waals surface area contributed by atoms with Crippen LogP contribution in [0.4, 0.5) is 0 Å². The van der Waals surface area contributed by atoms with E-state index in [0.29, 0.717) is 0 Å². The predicted octanol–water partition coefficient (Wildman–Crippen LogP) is 1.89. The second kappa shape index (κ2) is 3.46. The van der Waals surface area contributed by atoms with Crippen LogP contribution in [0.2, 0.25) is 0 Å². The van der Waals surface area contributed by atoms with E-state index in [2.05, 4.69) is 29.4 Å². The lowest BCUT2D eigenvalue weighted by Crippen LogP contribution is -2.17. The topological polar surface area (TPSA) is 24.9 Å². The molecule has 2 rings (SSSR count). The third kappa shape index (κ3) is 2.28. The van der Waals surface area contributed by atoms with Crippen LogP contribution in [0.5, 0.6) is 0 Å². The van der Waals surface area contributed by atoms with Crippen LogP contribution in [0.25, 0.3) is 0 Å². The third-order valence-corrected chi connectivity index (χ3v) is 2.65. The largest absolute Gasteiger partial charge is 0.310 e. The average Bonchev–Trinajstić information content (AvgIpc) is 2.81. The first-order valence-corrected chi connectivity index (χ1v) is 4.90. The van der Waals surface area contributed by atoms with E-state index in [1.54, 1.807) is 0 Å². The minimum absolute atomic E-state index is 0.751. The molecule has 0 radical (unpaired) electrons. The van der Waals surface area contributed by atoms with Gasteiger partial charge in [-0.25, -0.2) is 0 Å². The van der Waals surface area contributed by atoms with Gasteiger partial charge in [0.15, 0.2) is 0 Å². The van der Waals surface area contributed by atoms with Gasteiger partial charge in [-0.2, -0.15) is 0 Å². The van der Waals surface area contributed by atoms with Crippen molar-refractivity contribution in [2.24, 2.45) is 5.92 Å². The molecule has 0 aliphatic heterocycles. The molecule has 1 aliphatic carbocycles. The third-order valence-electron chi connectivity index (χ3n) is 2.65. The highest BCUT2D eigenvalue weighted by Crippen LogP contribution is 2.29. The molecule has 1 saturated carbocycles. The van der Waals surface area contributed by atoms with E-state index >= 15 is 0 Å². The molecule has 0 bridgehead atoms. The molecule has 2 heteroatoms. The number of nitrogens with one attached hydrogen (secondary N) is 1. The van der Waals surface area contributed by atoms with E-state index in [9.17, 15) is 0 Å². The molecule has 1 fully saturated rings. The molecular weight excluding hydrogens is 160 g/mol. The summed E-state index contributed by atoms with van der Waals surface area (Å²) in [5, 5.41) is 3.50. The zero-order valence-electron chi connectivity index (χ0n) is 8.25. The molecule has 1 N–H and O–H groups in total. The maximum Gasteiger partial charge on any atom is 0.0372 e. The van der Waals surface area contributed by atoms with Crippen molar-refractivity contribution in [2.75, 3.05) is 0 Å². The minimum Gasteiger partial charge on any atom is -0.310 e. The monoisotopic (exact) mass is 176 g/mol. The van der Waals surface area contributed by atoms with Crippen LogP contribution < -0.4 is 5.32 Å². The first kappa shape index (κ1) is 8.70. The smallest absolute Gasteiger partial charge is 0.0372 e. The van der Waals surface area contributed by atoms with Gasteiger partial charge < -0.3 is 5.32 Å². The number of pyridine rings is 1. The van der Waals surface area contributed by atoms with Crippen LogP contribution in [-0.4, -0.2) is 11.0 Å². The van der Waals surface area contributed by atoms with Gasteiger partial charge in [-0.1, -0.05) is 13.0 Å². The fourth-order valence-corrected chi connectivity index (χ4v) is 1.46. The Morgan fingerprint density at radius 3 is 2.85 bits per heavy atom. The summed E-state index contributed by atoms with van der Waals surface area (Å²) in [5.74, 6) is 0.874. The number of rotatable bonds is 3. The Morgan fingerprint density at radius 1 is 1.54 bits per heavy atom. The van der Waals surface area contributed by atoms with E-state index in [0.717, 1.165) is 24.2 Å². The lowest BCUT2D eigenvalue weighted by atomic mass is 10.2. The molecule has 0 spiro atoms. The summed E-state index contributed by atoms with van der Waals surface area (Å²) >= 11 is 0. The van der Waals surface area contributed by atoms with Gasteiger partial charge in [0.1, 0.15) is 0 Å². The number of hydrogen-bond donors (Lipinski definition) is 1. The quantitative estimate of drug-likeness (QED) is 0.760. The summed E-state index contributed by atoms with van der Waals surface area (Å²) < 4.78 is 0. The van der Waals surface area contributed by atoms with Gasteiger partial charge in [0, 0.05) is 24.5 Å². The van der Waals surface area contributed by atoms with E-state index in [1.807, 2.05) is 13.1 Å². The van der Waals surface area contributed by atoms with Crippen molar-refractivity contribution in [1.29, 1.82) is 0 Å². The van der Waals surface area contributed by atoms with E-state index in [-0.39, 0.29) is 0 Å². The lowest BCUT2D eigenvalue weighted by Gasteiger charge is -2.02. The second-order valence-electron chi connectivity index (χ2n) is 4.01. The van der Waals surface area contributed by atoms with Crippen molar-refractivity contribution in [3.8, 4) is 0 Å². The Labute approximate surface area is 79.4 Å². The zero-order valence-corrected chi connectivity index (χ0v) is 8.25. The summed E-state index contributed by atoms with van der Waals surface area (Å²) in [6.45, 7) is 5.26. The zero-order chi connectivity index (χ0) is 9.26. The van der Waals surface area contributed by atoms with Crippen molar-refractivity contribution in [1.82, 2.24) is 10.3 Å². The molecule has 2 atom stereocenters. The molecule has 0 saturated heterocycles. The molecule has 70 valence electrons. The molecule has 0 unspecified atom stereocenters. The molecule has 1 heterocycles. The van der Waals surface area contributed by atoms with Crippen LogP contribution in [0.15, 0.2) is 18.3 Å². The number of aryl methyl sites for hydroxylation is 1. The molecule has 1 aliphatic rings. The van der Waals surface area contributed by atoms with Gasteiger partial charge in [0.2, 0.25) is 0 Å². The summed E-state index contributed by atoms with van der Waals surface area (Å²) in [7, 11) is 0. The van der Waals surface area contributed by atoms with E-state index in [4.69, 9.17) is 0 Å². The Kier molecular flexibility index (Phi) is 2.32. The number of aromatic nitrogens is 1. The first-order chi connectivity index (χ1) is 6.25. The van der Waals surface area contributed by atoms with Gasteiger partial charge >= 0.3 is 0 Å². The summed E-state index contributed by atoms with van der Waals surface area (Å²) in [4.78, 5) is 4.26. The predicted molar refractivity (Wildman–Crippen MR) is 53.4 cm³/mol. The lowest BCUT2D eigenvalue weighted by molar-refractivity contribution is 0.651. The molecule has 2 nitrogen and oxygen atoms in total. The summed E-state index contributed by atoms with van der Waals surface area (Å²) in [5.41, 5.74) is 2.37. The molecule has 1 aromatic rings. The Morgan fingerprint density at radius 2 is 2.31 bits per heavy atom. The molecule has 0 amide bonds. The number of hydrogen-bond acceptors (Lipinski definition) is 2. The van der Waals surface area contributed by atoms with Gasteiger partial charge in [0.05, 0.1) is 0 Å². The molecule has 1 aromatic heterocycles. The van der Waals surface area contributed by atoms with Crippen molar-refractivity contribution in [3.63, 3.8) is 0 Å². The standard InChI is InChI=1S/C11H16N2/c1-8-5-11(8)13-7-10-4-3-9(2)12-6-10/h3-4,6,8,11,13H,5,7H2,1-2H3/t8-,11-/m1/s1. The minimum atomic E-state index is 0.751. The molecule has 13 heavy (non-hydrogen) atoms. The van der Waals surface area contributed by atoms with Crippen molar-refractivity contribution in [2.45, 2.75) is 32.9 Å². The van der Waals surface area contributed by atoms with Crippen molar-refractivity contribution >= 4 is 0 Å². The fourth-order valence-electron chi connectivity index (χ4n) is 1.46. The van der Waals surface area contributed by atoms with Crippen LogP contribution in [0.1, 0.15) is 24.6 Å². The van der Waals surface area contributed by atoms with Crippen molar-refractivity contribution < 1.29 is 0 Å². The summed E-state index contributed by atoms with van der Waals surface area (Å²) in [6, 6.07) is 4.96. The SMILES string of the molecule is Cc1ccc(CN[C@@H]2C[C@H]2C)cn1. The van der Waals surface area contributed by atoms with Gasteiger partial charge in [-0.05, 0) is 30.9 Å². The van der Waals surface area contributed by atoms with Crippen molar-refractivity contribution in [3.05, 3.63) is 29.6 Å². The van der Waals surface area contributed by atoms with Gasteiger partial charge in [0.25, 0.3) is 0 Å². The maximum absolute atomic E-state index is 4.26. The van der Waals surface area contributed by atoms with E-state index < -0.39 is 0 Å². The average molecular weight is 176 g/mol. The highest BCUT2D eigenvalue weighted by Gasteiger charge is 2.31. The highest BCUT2D eigenvalue weighted by molar-refractivity contribution is 5.13. The van der Waals surface area contributed by atoms with Crippen LogP contribution in [0, 0.1) is 12.8 Å². The Bertz CT molecular complexity index is 279. The van der Waals surface area contributed by atoms with Gasteiger partial charge in [-0.3, -0.25) is 4.98 Å². The van der Waals surface area contributed by atoms with Crippen LogP contribution in [0.3, 0.4) is 0 Å².